The number of fused-ring (bicyclic) bond motifs is 1. The Hall–Kier alpha value is -3.53. The van der Waals surface area contributed by atoms with Gasteiger partial charge in [-0.3, -0.25) is 4.79 Å². The van der Waals surface area contributed by atoms with Crippen LogP contribution in [-0.2, 0) is 0 Å². The minimum Gasteiger partial charge on any atom is -0.497 e. The molecule has 4 nitrogen and oxygen atoms in total. The fourth-order valence-corrected chi connectivity index (χ4v) is 3.42. The van der Waals surface area contributed by atoms with Crippen molar-refractivity contribution in [2.75, 3.05) is 12.4 Å². The summed E-state index contributed by atoms with van der Waals surface area (Å²) in [6.45, 7) is 2.03. The maximum atomic E-state index is 13.6. The van der Waals surface area contributed by atoms with Crippen molar-refractivity contribution in [3.63, 3.8) is 0 Å². The summed E-state index contributed by atoms with van der Waals surface area (Å²) in [6, 6.07) is 23.0. The van der Waals surface area contributed by atoms with Gasteiger partial charge in [-0.05, 0) is 36.8 Å². The molecule has 2 N–H and O–H groups in total. The van der Waals surface area contributed by atoms with Gasteiger partial charge in [-0.2, -0.15) is 0 Å². The number of carbonyl (C=O) groups excluding carboxylic acids is 1. The number of hydrogen-bond acceptors (Lipinski definition) is 3. The number of anilines is 1. The van der Waals surface area contributed by atoms with E-state index in [-0.39, 0.29) is 5.78 Å². The lowest BCUT2D eigenvalue weighted by Crippen LogP contribution is -2.21. The summed E-state index contributed by atoms with van der Waals surface area (Å²) in [5.41, 5.74) is 4.51. The van der Waals surface area contributed by atoms with Crippen LogP contribution in [0.2, 0.25) is 0 Å². The Kier molecular flexibility index (Phi) is 4.85. The van der Waals surface area contributed by atoms with Crippen molar-refractivity contribution in [3.8, 4) is 5.75 Å². The molecule has 4 rings (SSSR count). The zero-order valence-electron chi connectivity index (χ0n) is 15.9. The van der Waals surface area contributed by atoms with Crippen LogP contribution in [0.25, 0.3) is 10.9 Å². The summed E-state index contributed by atoms with van der Waals surface area (Å²) in [6.07, 6.45) is 1.80. The summed E-state index contributed by atoms with van der Waals surface area (Å²) >= 11 is 0. The average molecular weight is 370 g/mol. The number of nitrogens with one attached hydrogen (secondary N) is 2. The summed E-state index contributed by atoms with van der Waals surface area (Å²) in [5, 5.41) is 4.34. The second-order valence-corrected chi connectivity index (χ2v) is 6.84. The SMILES string of the molecule is COc1cccc(NC(C(=O)c2c[nH]c3ccc(C)cc23)c2ccccc2)c1. The van der Waals surface area contributed by atoms with Crippen molar-refractivity contribution in [1.82, 2.24) is 4.98 Å². The first-order chi connectivity index (χ1) is 13.7. The molecule has 0 saturated carbocycles. The number of hydrogen-bond donors (Lipinski definition) is 2. The smallest absolute Gasteiger partial charge is 0.191 e. The lowest BCUT2D eigenvalue weighted by atomic mass is 9.96. The summed E-state index contributed by atoms with van der Waals surface area (Å²) in [5.74, 6) is 0.762. The Morgan fingerprint density at radius 3 is 2.61 bits per heavy atom. The molecule has 1 atom stereocenters. The standard InChI is InChI=1S/C24H22N2O2/c1-16-11-12-22-20(13-16)21(15-25-22)24(27)23(17-7-4-3-5-8-17)26-18-9-6-10-19(14-18)28-2/h3-15,23,25-26H,1-2H3. The molecule has 0 radical (unpaired) electrons. The quantitative estimate of drug-likeness (QED) is 0.439. The van der Waals surface area contributed by atoms with Gasteiger partial charge in [0.25, 0.3) is 0 Å². The lowest BCUT2D eigenvalue weighted by molar-refractivity contribution is 0.0971. The number of methoxy groups -OCH3 is 1. The predicted molar refractivity (Wildman–Crippen MR) is 113 cm³/mol. The molecular formula is C24H22N2O2. The lowest BCUT2D eigenvalue weighted by Gasteiger charge is -2.19. The summed E-state index contributed by atoms with van der Waals surface area (Å²) < 4.78 is 5.32. The third-order valence-electron chi connectivity index (χ3n) is 4.88. The zero-order valence-corrected chi connectivity index (χ0v) is 15.9. The van der Waals surface area contributed by atoms with E-state index in [1.165, 1.54) is 0 Å². The van der Waals surface area contributed by atoms with E-state index in [1.54, 1.807) is 13.3 Å². The van der Waals surface area contributed by atoms with Gasteiger partial charge in [-0.25, -0.2) is 0 Å². The second kappa shape index (κ2) is 7.61. The first-order valence-corrected chi connectivity index (χ1v) is 9.23. The van der Waals surface area contributed by atoms with Crippen molar-refractivity contribution in [3.05, 3.63) is 95.7 Å². The number of Topliss-reactive ketones (excluding diaryl/α,β-unsaturated/α-hetero) is 1. The van der Waals surface area contributed by atoms with Crippen LogP contribution in [0.1, 0.15) is 27.5 Å². The van der Waals surface area contributed by atoms with Crippen LogP contribution < -0.4 is 10.1 Å². The average Bonchev–Trinajstić information content (AvgIpc) is 3.15. The molecule has 0 aliphatic rings. The zero-order chi connectivity index (χ0) is 19.5. The van der Waals surface area contributed by atoms with E-state index in [1.807, 2.05) is 79.7 Å². The van der Waals surface area contributed by atoms with Crippen molar-refractivity contribution in [1.29, 1.82) is 0 Å². The molecule has 4 aromatic rings. The number of benzene rings is 3. The molecular weight excluding hydrogens is 348 g/mol. The van der Waals surface area contributed by atoms with E-state index in [2.05, 4.69) is 10.3 Å². The monoisotopic (exact) mass is 370 g/mol. The Morgan fingerprint density at radius 2 is 1.82 bits per heavy atom. The Bertz CT molecular complexity index is 1120. The van der Waals surface area contributed by atoms with Gasteiger partial charge in [0.05, 0.1) is 7.11 Å². The topological polar surface area (TPSA) is 54.1 Å². The molecule has 1 heterocycles. The molecule has 0 bridgehead atoms. The number of aryl methyl sites for hydroxylation is 1. The van der Waals surface area contributed by atoms with Gasteiger partial charge >= 0.3 is 0 Å². The van der Waals surface area contributed by atoms with E-state index in [0.29, 0.717) is 5.56 Å². The summed E-state index contributed by atoms with van der Waals surface area (Å²) in [7, 11) is 1.63. The van der Waals surface area contributed by atoms with Crippen molar-refractivity contribution < 1.29 is 9.53 Å². The molecule has 3 aromatic carbocycles. The van der Waals surface area contributed by atoms with Gasteiger partial charge in [0.2, 0.25) is 0 Å². The Morgan fingerprint density at radius 1 is 1.00 bits per heavy atom. The highest BCUT2D eigenvalue weighted by molar-refractivity contribution is 6.11. The highest BCUT2D eigenvalue weighted by atomic mass is 16.5. The first kappa shape index (κ1) is 17.9. The molecule has 28 heavy (non-hydrogen) atoms. The predicted octanol–water partition coefficient (Wildman–Crippen LogP) is 5.52. The fraction of sp³-hybridized carbons (Fsp3) is 0.125. The van der Waals surface area contributed by atoms with Crippen molar-refractivity contribution in [2.24, 2.45) is 0 Å². The van der Waals surface area contributed by atoms with Crippen LogP contribution in [-0.4, -0.2) is 17.9 Å². The van der Waals surface area contributed by atoms with Gasteiger partial charge in [0.1, 0.15) is 11.8 Å². The van der Waals surface area contributed by atoms with Gasteiger partial charge in [0, 0.05) is 34.4 Å². The minimum absolute atomic E-state index is 0.0193. The molecule has 140 valence electrons. The first-order valence-electron chi connectivity index (χ1n) is 9.23. The maximum absolute atomic E-state index is 13.6. The van der Waals surface area contributed by atoms with Crippen LogP contribution >= 0.6 is 0 Å². The molecule has 0 amide bonds. The third-order valence-corrected chi connectivity index (χ3v) is 4.88. The molecule has 1 aromatic heterocycles. The van der Waals surface area contributed by atoms with Crippen molar-refractivity contribution >= 4 is 22.4 Å². The van der Waals surface area contributed by atoms with Crippen molar-refractivity contribution in [2.45, 2.75) is 13.0 Å². The third kappa shape index (κ3) is 3.49. The van der Waals surface area contributed by atoms with E-state index in [9.17, 15) is 4.79 Å². The number of aromatic amines is 1. The van der Waals surface area contributed by atoms with Crippen LogP contribution in [0, 0.1) is 6.92 Å². The number of H-pyrrole nitrogens is 1. The molecule has 0 spiro atoms. The van der Waals surface area contributed by atoms with Crippen LogP contribution in [0.4, 0.5) is 5.69 Å². The van der Waals surface area contributed by atoms with Gasteiger partial charge < -0.3 is 15.0 Å². The number of aromatic nitrogens is 1. The van der Waals surface area contributed by atoms with Crippen LogP contribution in [0.5, 0.6) is 5.75 Å². The van der Waals surface area contributed by atoms with E-state index < -0.39 is 6.04 Å². The highest BCUT2D eigenvalue weighted by Crippen LogP contribution is 2.29. The molecule has 0 aliphatic carbocycles. The minimum atomic E-state index is -0.507. The molecule has 4 heteroatoms. The second-order valence-electron chi connectivity index (χ2n) is 6.84. The van der Waals surface area contributed by atoms with Crippen LogP contribution in [0.15, 0.2) is 79.0 Å². The highest BCUT2D eigenvalue weighted by Gasteiger charge is 2.24. The van der Waals surface area contributed by atoms with E-state index in [4.69, 9.17) is 4.74 Å². The van der Waals surface area contributed by atoms with E-state index in [0.717, 1.165) is 33.5 Å². The van der Waals surface area contributed by atoms with Gasteiger partial charge in [-0.1, -0.05) is 48.0 Å². The maximum Gasteiger partial charge on any atom is 0.191 e. The van der Waals surface area contributed by atoms with Gasteiger partial charge in [-0.15, -0.1) is 0 Å². The number of ether oxygens (including phenoxy) is 1. The van der Waals surface area contributed by atoms with E-state index >= 15 is 0 Å². The fourth-order valence-electron chi connectivity index (χ4n) is 3.42. The molecule has 0 saturated heterocycles. The Balaban J connectivity index is 1.76. The molecule has 1 unspecified atom stereocenters. The number of ketones is 1. The normalized spacial score (nSPS) is 11.9. The Labute approximate surface area is 164 Å². The molecule has 0 aliphatic heterocycles. The largest absolute Gasteiger partial charge is 0.497 e. The number of rotatable bonds is 6. The molecule has 0 fully saturated rings. The van der Waals surface area contributed by atoms with Gasteiger partial charge in [0.15, 0.2) is 5.78 Å². The summed E-state index contributed by atoms with van der Waals surface area (Å²) in [4.78, 5) is 16.8. The number of carbonyl (C=O) groups is 1. The van der Waals surface area contributed by atoms with Crippen LogP contribution in [0.3, 0.4) is 0 Å².